The van der Waals surface area contributed by atoms with Gasteiger partial charge in [0.25, 0.3) is 0 Å². The number of aliphatic hydroxyl groups excluding tert-OH is 1. The molecular weight excluding hydrogens is 180 g/mol. The summed E-state index contributed by atoms with van der Waals surface area (Å²) in [7, 11) is 1.62. The van der Waals surface area contributed by atoms with Crippen LogP contribution in [-0.4, -0.2) is 25.4 Å². The van der Waals surface area contributed by atoms with E-state index < -0.39 is 0 Å². The van der Waals surface area contributed by atoms with Crippen LogP contribution in [0.3, 0.4) is 0 Å². The summed E-state index contributed by atoms with van der Waals surface area (Å²) in [6, 6.07) is 7.35. The molecule has 0 unspecified atom stereocenters. The molecule has 0 aliphatic carbocycles. The summed E-state index contributed by atoms with van der Waals surface area (Å²) in [6.07, 6.45) is 3.41. The Morgan fingerprint density at radius 3 is 2.36 bits per heavy atom. The first-order valence-electron chi connectivity index (χ1n) is 4.39. The number of ether oxygens (including phenoxy) is 2. The zero-order valence-electron chi connectivity index (χ0n) is 8.14. The molecule has 1 aromatic rings. The van der Waals surface area contributed by atoms with Crippen LogP contribution in [0.2, 0.25) is 0 Å². The molecule has 3 heteroatoms. The van der Waals surface area contributed by atoms with E-state index in [9.17, 15) is 0 Å². The Labute approximate surface area is 83.6 Å². The molecule has 0 aromatic heterocycles. The lowest BCUT2D eigenvalue weighted by atomic mass is 10.3. The van der Waals surface area contributed by atoms with Crippen molar-refractivity contribution in [2.45, 2.75) is 0 Å². The van der Waals surface area contributed by atoms with Gasteiger partial charge in [0.05, 0.1) is 13.7 Å². The standard InChI is InChI=1S/C11H14O3/c1-13-10-4-6-11(7-5-10)14-9-3-2-8-12/h2-7,12H,8-9H2,1H3/b3-2+. The van der Waals surface area contributed by atoms with Crippen molar-refractivity contribution in [3.05, 3.63) is 36.4 Å². The quantitative estimate of drug-likeness (QED) is 0.724. The first kappa shape index (κ1) is 10.6. The summed E-state index contributed by atoms with van der Waals surface area (Å²) in [5, 5.41) is 8.47. The molecule has 0 heterocycles. The van der Waals surface area contributed by atoms with Gasteiger partial charge in [-0.2, -0.15) is 0 Å². The highest BCUT2D eigenvalue weighted by atomic mass is 16.5. The van der Waals surface area contributed by atoms with Crippen LogP contribution >= 0.6 is 0 Å². The monoisotopic (exact) mass is 194 g/mol. The van der Waals surface area contributed by atoms with E-state index in [4.69, 9.17) is 14.6 Å². The Balaban J connectivity index is 2.40. The van der Waals surface area contributed by atoms with E-state index in [0.717, 1.165) is 11.5 Å². The molecule has 14 heavy (non-hydrogen) atoms. The number of hydrogen-bond acceptors (Lipinski definition) is 3. The molecule has 1 aromatic carbocycles. The third-order valence-electron chi connectivity index (χ3n) is 1.68. The van der Waals surface area contributed by atoms with Crippen molar-refractivity contribution in [2.24, 2.45) is 0 Å². The van der Waals surface area contributed by atoms with Gasteiger partial charge in [-0.25, -0.2) is 0 Å². The van der Waals surface area contributed by atoms with Crippen molar-refractivity contribution in [3.8, 4) is 11.5 Å². The van der Waals surface area contributed by atoms with E-state index in [0.29, 0.717) is 6.61 Å². The fourth-order valence-corrected chi connectivity index (χ4v) is 0.959. The second-order valence-corrected chi connectivity index (χ2v) is 2.64. The largest absolute Gasteiger partial charge is 0.497 e. The minimum Gasteiger partial charge on any atom is -0.497 e. The van der Waals surface area contributed by atoms with Crippen LogP contribution in [0.25, 0.3) is 0 Å². The van der Waals surface area contributed by atoms with Crippen LogP contribution < -0.4 is 9.47 Å². The maximum atomic E-state index is 8.47. The SMILES string of the molecule is COc1ccc(OC/C=C/CO)cc1. The topological polar surface area (TPSA) is 38.7 Å². The fourth-order valence-electron chi connectivity index (χ4n) is 0.959. The smallest absolute Gasteiger partial charge is 0.120 e. The van der Waals surface area contributed by atoms with Crippen molar-refractivity contribution >= 4 is 0 Å². The van der Waals surface area contributed by atoms with E-state index in [1.165, 1.54) is 0 Å². The average Bonchev–Trinajstić information content (AvgIpc) is 2.25. The predicted octanol–water partition coefficient (Wildman–Crippen LogP) is 1.62. The number of rotatable bonds is 5. The highest BCUT2D eigenvalue weighted by Gasteiger charge is 1.92. The highest BCUT2D eigenvalue weighted by molar-refractivity contribution is 5.31. The van der Waals surface area contributed by atoms with Gasteiger partial charge in [-0.15, -0.1) is 0 Å². The molecule has 76 valence electrons. The Morgan fingerprint density at radius 2 is 1.79 bits per heavy atom. The van der Waals surface area contributed by atoms with Crippen LogP contribution in [0.15, 0.2) is 36.4 Å². The van der Waals surface area contributed by atoms with Crippen LogP contribution in [-0.2, 0) is 0 Å². The minimum atomic E-state index is 0.0476. The normalized spacial score (nSPS) is 10.4. The maximum Gasteiger partial charge on any atom is 0.120 e. The van der Waals surface area contributed by atoms with E-state index in [1.807, 2.05) is 24.3 Å². The number of methoxy groups -OCH3 is 1. The molecule has 0 amide bonds. The van der Waals surface area contributed by atoms with Crippen molar-refractivity contribution in [1.29, 1.82) is 0 Å². The number of aliphatic hydroxyl groups is 1. The minimum absolute atomic E-state index is 0.0476. The van der Waals surface area contributed by atoms with Crippen LogP contribution in [0.1, 0.15) is 0 Å². The third-order valence-corrected chi connectivity index (χ3v) is 1.68. The molecule has 3 nitrogen and oxygen atoms in total. The molecule has 0 spiro atoms. The molecule has 0 fully saturated rings. The fraction of sp³-hybridized carbons (Fsp3) is 0.273. The number of benzene rings is 1. The van der Waals surface area contributed by atoms with Gasteiger partial charge in [0.15, 0.2) is 0 Å². The van der Waals surface area contributed by atoms with Crippen molar-refractivity contribution in [3.63, 3.8) is 0 Å². The van der Waals surface area contributed by atoms with E-state index in [1.54, 1.807) is 19.3 Å². The molecule has 0 saturated heterocycles. The first-order chi connectivity index (χ1) is 6.86. The van der Waals surface area contributed by atoms with E-state index in [-0.39, 0.29) is 6.61 Å². The third kappa shape index (κ3) is 3.49. The van der Waals surface area contributed by atoms with Crippen molar-refractivity contribution in [1.82, 2.24) is 0 Å². The summed E-state index contributed by atoms with van der Waals surface area (Å²) in [5.41, 5.74) is 0. The van der Waals surface area contributed by atoms with Gasteiger partial charge in [0.2, 0.25) is 0 Å². The molecule has 1 N–H and O–H groups in total. The van der Waals surface area contributed by atoms with Crippen LogP contribution in [0.4, 0.5) is 0 Å². The Morgan fingerprint density at radius 1 is 1.14 bits per heavy atom. The predicted molar refractivity (Wildman–Crippen MR) is 54.7 cm³/mol. The Kier molecular flexibility index (Phi) is 4.58. The van der Waals surface area contributed by atoms with Crippen molar-refractivity contribution < 1.29 is 14.6 Å². The Hall–Kier alpha value is -1.48. The second-order valence-electron chi connectivity index (χ2n) is 2.64. The maximum absolute atomic E-state index is 8.47. The molecule has 1 rings (SSSR count). The van der Waals surface area contributed by atoms with Gasteiger partial charge in [-0.05, 0) is 30.3 Å². The summed E-state index contributed by atoms with van der Waals surface area (Å²) in [5.74, 6) is 1.59. The van der Waals surface area contributed by atoms with Gasteiger partial charge in [0, 0.05) is 0 Å². The summed E-state index contributed by atoms with van der Waals surface area (Å²) < 4.78 is 10.4. The van der Waals surface area contributed by atoms with Gasteiger partial charge >= 0.3 is 0 Å². The lowest BCUT2D eigenvalue weighted by molar-refractivity contribution is 0.336. The number of hydrogen-bond donors (Lipinski definition) is 1. The Bertz CT molecular complexity index is 277. The average molecular weight is 194 g/mol. The molecule has 0 saturated carbocycles. The van der Waals surface area contributed by atoms with Gasteiger partial charge in [-0.3, -0.25) is 0 Å². The lowest BCUT2D eigenvalue weighted by Crippen LogP contribution is -1.93. The van der Waals surface area contributed by atoms with Gasteiger partial charge in [0.1, 0.15) is 18.1 Å². The van der Waals surface area contributed by atoms with E-state index in [2.05, 4.69) is 0 Å². The highest BCUT2D eigenvalue weighted by Crippen LogP contribution is 2.16. The zero-order valence-corrected chi connectivity index (χ0v) is 8.14. The van der Waals surface area contributed by atoms with Crippen LogP contribution in [0, 0.1) is 0 Å². The molecular formula is C11H14O3. The second kappa shape index (κ2) is 6.05. The lowest BCUT2D eigenvalue weighted by Gasteiger charge is -2.03. The zero-order chi connectivity index (χ0) is 10.2. The molecule has 0 atom stereocenters. The molecule has 0 aliphatic rings. The van der Waals surface area contributed by atoms with Crippen LogP contribution in [0.5, 0.6) is 11.5 Å². The first-order valence-corrected chi connectivity index (χ1v) is 4.39. The summed E-state index contributed by atoms with van der Waals surface area (Å²) in [4.78, 5) is 0. The van der Waals surface area contributed by atoms with Gasteiger partial charge < -0.3 is 14.6 Å². The van der Waals surface area contributed by atoms with Crippen molar-refractivity contribution in [2.75, 3.05) is 20.3 Å². The summed E-state index contributed by atoms with van der Waals surface area (Å²) in [6.45, 7) is 0.513. The molecule has 0 aliphatic heterocycles. The van der Waals surface area contributed by atoms with Gasteiger partial charge in [-0.1, -0.05) is 6.08 Å². The summed E-state index contributed by atoms with van der Waals surface area (Å²) >= 11 is 0. The molecule has 0 bridgehead atoms. The molecule has 0 radical (unpaired) electrons. The van der Waals surface area contributed by atoms with E-state index >= 15 is 0 Å².